The summed E-state index contributed by atoms with van der Waals surface area (Å²) in [6, 6.07) is 8.23. The zero-order chi connectivity index (χ0) is 18.1. The number of hydrogen-bond donors (Lipinski definition) is 2. The van der Waals surface area contributed by atoms with Crippen LogP contribution in [0, 0.1) is 39.0 Å². The summed E-state index contributed by atoms with van der Waals surface area (Å²) in [4.78, 5) is 19.5. The molecule has 2 N–H and O–H groups in total. The van der Waals surface area contributed by atoms with Crippen molar-refractivity contribution < 1.29 is 0 Å². The van der Waals surface area contributed by atoms with Crippen molar-refractivity contribution in [2.24, 2.45) is 0 Å². The fourth-order valence-corrected chi connectivity index (χ4v) is 3.21. The van der Waals surface area contributed by atoms with Crippen LogP contribution in [0.3, 0.4) is 0 Å². The van der Waals surface area contributed by atoms with Crippen molar-refractivity contribution in [3.05, 3.63) is 68.3 Å². The Morgan fingerprint density at radius 3 is 2.60 bits per heavy atom. The zero-order valence-corrected chi connectivity index (χ0v) is 14.8. The van der Waals surface area contributed by atoms with Gasteiger partial charge in [-0.05, 0) is 51.0 Å². The molecular weight excluding hydrogens is 312 g/mol. The highest BCUT2D eigenvalue weighted by molar-refractivity contribution is 5.96. The number of aromatic amines is 1. The van der Waals surface area contributed by atoms with Crippen LogP contribution in [0.1, 0.15) is 33.5 Å². The largest absolute Gasteiger partial charge is 0.379 e. The summed E-state index contributed by atoms with van der Waals surface area (Å²) in [5.74, 6) is 0. The normalized spacial score (nSPS) is 10.7. The molecule has 3 aromatic rings. The van der Waals surface area contributed by atoms with Crippen LogP contribution in [0.25, 0.3) is 10.9 Å². The number of anilines is 1. The maximum Gasteiger partial charge on any atom is 0.253 e. The van der Waals surface area contributed by atoms with E-state index in [0.717, 1.165) is 39.0 Å². The van der Waals surface area contributed by atoms with E-state index in [0.29, 0.717) is 17.7 Å². The third-order valence-electron chi connectivity index (χ3n) is 4.36. The van der Waals surface area contributed by atoms with Crippen LogP contribution < -0.4 is 10.9 Å². The number of fused-ring (bicyclic) bond motifs is 1. The second-order valence-electron chi connectivity index (χ2n) is 6.43. The van der Waals surface area contributed by atoms with Gasteiger partial charge in [0, 0.05) is 29.4 Å². The molecule has 5 nitrogen and oxygen atoms in total. The van der Waals surface area contributed by atoms with Gasteiger partial charge in [-0.2, -0.15) is 5.26 Å². The fourth-order valence-electron chi connectivity index (χ4n) is 3.21. The molecule has 0 amide bonds. The van der Waals surface area contributed by atoms with Crippen molar-refractivity contribution in [2.75, 3.05) is 5.32 Å². The monoisotopic (exact) mass is 332 g/mol. The Labute approximate surface area is 146 Å². The molecule has 2 heterocycles. The summed E-state index contributed by atoms with van der Waals surface area (Å²) >= 11 is 0. The van der Waals surface area contributed by atoms with Gasteiger partial charge in [-0.25, -0.2) is 0 Å². The van der Waals surface area contributed by atoms with E-state index < -0.39 is 0 Å². The first-order valence-corrected chi connectivity index (χ1v) is 8.14. The summed E-state index contributed by atoms with van der Waals surface area (Å²) < 4.78 is 0. The number of H-pyrrole nitrogens is 1. The molecule has 3 rings (SSSR count). The Kier molecular flexibility index (Phi) is 4.28. The minimum Gasteiger partial charge on any atom is -0.379 e. The molecule has 0 unspecified atom stereocenters. The van der Waals surface area contributed by atoms with Crippen molar-refractivity contribution in [1.82, 2.24) is 9.97 Å². The number of nitrogens with one attached hydrogen (secondary N) is 2. The second-order valence-corrected chi connectivity index (χ2v) is 6.43. The molecule has 2 aromatic heterocycles. The highest BCUT2D eigenvalue weighted by Gasteiger charge is 2.12. The molecule has 126 valence electrons. The van der Waals surface area contributed by atoms with E-state index in [2.05, 4.69) is 27.4 Å². The Balaban J connectivity index is 2.10. The number of nitriles is 1. The molecular formula is C20H20N4O. The number of pyridine rings is 2. The van der Waals surface area contributed by atoms with E-state index in [-0.39, 0.29) is 5.56 Å². The number of nitrogens with zero attached hydrogens (tertiary/aromatic N) is 2. The maximum absolute atomic E-state index is 12.2. The van der Waals surface area contributed by atoms with E-state index in [9.17, 15) is 10.1 Å². The first-order chi connectivity index (χ1) is 11.9. The number of benzene rings is 1. The summed E-state index contributed by atoms with van der Waals surface area (Å²) in [5, 5.41) is 13.7. The van der Waals surface area contributed by atoms with Gasteiger partial charge in [-0.15, -0.1) is 0 Å². The molecule has 5 heteroatoms. The summed E-state index contributed by atoms with van der Waals surface area (Å²) in [6.07, 6.45) is 1.58. The Morgan fingerprint density at radius 1 is 1.16 bits per heavy atom. The molecule has 0 aliphatic carbocycles. The Hall–Kier alpha value is -3.13. The molecule has 0 bridgehead atoms. The minimum atomic E-state index is -0.103. The third kappa shape index (κ3) is 3.11. The van der Waals surface area contributed by atoms with Crippen molar-refractivity contribution in [1.29, 1.82) is 5.26 Å². The van der Waals surface area contributed by atoms with E-state index in [4.69, 9.17) is 0 Å². The lowest BCUT2D eigenvalue weighted by atomic mass is 10.0. The van der Waals surface area contributed by atoms with Crippen molar-refractivity contribution in [3.8, 4) is 6.07 Å². The predicted molar refractivity (Wildman–Crippen MR) is 99.8 cm³/mol. The van der Waals surface area contributed by atoms with Crippen molar-refractivity contribution in [3.63, 3.8) is 0 Å². The molecule has 1 aromatic carbocycles. The zero-order valence-electron chi connectivity index (χ0n) is 14.8. The van der Waals surface area contributed by atoms with E-state index in [1.54, 1.807) is 6.20 Å². The Morgan fingerprint density at radius 2 is 1.92 bits per heavy atom. The quantitative estimate of drug-likeness (QED) is 0.767. The predicted octanol–water partition coefficient (Wildman–Crippen LogP) is 3.64. The summed E-state index contributed by atoms with van der Waals surface area (Å²) in [5.41, 5.74) is 6.56. The summed E-state index contributed by atoms with van der Waals surface area (Å²) in [6.45, 7) is 8.16. The molecule has 0 saturated heterocycles. The molecule has 0 aliphatic heterocycles. The molecule has 0 spiro atoms. The van der Waals surface area contributed by atoms with Gasteiger partial charge in [-0.1, -0.05) is 11.6 Å². The molecule has 0 atom stereocenters. The lowest BCUT2D eigenvalue weighted by molar-refractivity contribution is 1.01. The average molecular weight is 332 g/mol. The Bertz CT molecular complexity index is 1070. The van der Waals surface area contributed by atoms with E-state index in [1.807, 2.05) is 39.8 Å². The number of hydrogen-bond acceptors (Lipinski definition) is 4. The highest BCUT2D eigenvalue weighted by atomic mass is 16.1. The van der Waals surface area contributed by atoms with Gasteiger partial charge in [0.2, 0.25) is 0 Å². The number of rotatable bonds is 3. The van der Waals surface area contributed by atoms with Crippen LogP contribution in [-0.4, -0.2) is 9.97 Å². The lowest BCUT2D eigenvalue weighted by Crippen LogP contribution is -2.19. The SMILES string of the molecule is Cc1cc(C)c2ncc(C#N)c(NCc3c(C)cc(C)[nH]c3=O)c2c1. The van der Waals surface area contributed by atoms with Crippen LogP contribution in [-0.2, 0) is 6.54 Å². The first-order valence-electron chi connectivity index (χ1n) is 8.14. The summed E-state index contributed by atoms with van der Waals surface area (Å²) in [7, 11) is 0. The van der Waals surface area contributed by atoms with Crippen molar-refractivity contribution in [2.45, 2.75) is 34.2 Å². The van der Waals surface area contributed by atoms with Gasteiger partial charge in [0.05, 0.1) is 16.8 Å². The van der Waals surface area contributed by atoms with Gasteiger partial charge in [0.1, 0.15) is 6.07 Å². The van der Waals surface area contributed by atoms with Gasteiger partial charge >= 0.3 is 0 Å². The first kappa shape index (κ1) is 16.7. The van der Waals surface area contributed by atoms with Crippen LogP contribution in [0.15, 0.2) is 29.2 Å². The van der Waals surface area contributed by atoms with Crippen molar-refractivity contribution >= 4 is 16.6 Å². The molecule has 0 aliphatic rings. The lowest BCUT2D eigenvalue weighted by Gasteiger charge is -2.14. The third-order valence-corrected chi connectivity index (χ3v) is 4.36. The van der Waals surface area contributed by atoms with Crippen LogP contribution in [0.5, 0.6) is 0 Å². The van der Waals surface area contributed by atoms with Crippen LogP contribution in [0.2, 0.25) is 0 Å². The number of aromatic nitrogens is 2. The molecule has 25 heavy (non-hydrogen) atoms. The number of aryl methyl sites for hydroxylation is 4. The van der Waals surface area contributed by atoms with Crippen LogP contribution in [0.4, 0.5) is 5.69 Å². The molecule has 0 fully saturated rings. The topological polar surface area (TPSA) is 81.6 Å². The molecule has 0 radical (unpaired) electrons. The molecule has 0 saturated carbocycles. The highest BCUT2D eigenvalue weighted by Crippen LogP contribution is 2.29. The average Bonchev–Trinajstić information content (AvgIpc) is 2.53. The smallest absolute Gasteiger partial charge is 0.253 e. The van der Waals surface area contributed by atoms with Gasteiger partial charge in [0.25, 0.3) is 5.56 Å². The van der Waals surface area contributed by atoms with Gasteiger partial charge < -0.3 is 10.3 Å². The van der Waals surface area contributed by atoms with E-state index in [1.165, 1.54) is 0 Å². The van der Waals surface area contributed by atoms with Gasteiger partial charge in [0.15, 0.2) is 0 Å². The second kappa shape index (κ2) is 6.40. The standard InChI is InChI=1S/C20H20N4O/c1-11-5-13(3)18-16(6-11)19(15(8-21)9-22-18)23-10-17-12(2)7-14(4)24-20(17)25/h5-7,9H,10H2,1-4H3,(H,22,23)(H,24,25). The fraction of sp³-hybridized carbons (Fsp3) is 0.250. The maximum atomic E-state index is 12.2. The van der Waals surface area contributed by atoms with Gasteiger partial charge in [-0.3, -0.25) is 9.78 Å². The van der Waals surface area contributed by atoms with E-state index >= 15 is 0 Å². The van der Waals surface area contributed by atoms with Crippen LogP contribution >= 0.6 is 0 Å². The minimum absolute atomic E-state index is 0.103.